The minimum Gasteiger partial charge on any atom is -0.480 e. The summed E-state index contributed by atoms with van der Waals surface area (Å²) >= 11 is 3.29. The number of piperazine rings is 1. The van der Waals surface area contributed by atoms with E-state index in [-0.39, 0.29) is 0 Å². The molecule has 11 heteroatoms. The number of hydrogen-bond acceptors (Lipinski definition) is 11. The van der Waals surface area contributed by atoms with Crippen molar-refractivity contribution in [1.82, 2.24) is 25.2 Å². The van der Waals surface area contributed by atoms with Crippen LogP contribution in [-0.2, 0) is 11.3 Å². The van der Waals surface area contributed by atoms with Crippen molar-refractivity contribution in [2.75, 3.05) is 75.5 Å². The van der Waals surface area contributed by atoms with E-state index in [4.69, 9.17) is 19.4 Å². The van der Waals surface area contributed by atoms with E-state index in [2.05, 4.69) is 37.8 Å². The molecule has 3 aromatic rings. The molecule has 0 amide bonds. The molecule has 2 aliphatic heterocycles. The number of rotatable bonds is 7. The summed E-state index contributed by atoms with van der Waals surface area (Å²) in [5.74, 6) is 1.33. The average molecular weight is 532 g/mol. The van der Waals surface area contributed by atoms with Crippen molar-refractivity contribution >= 4 is 45.1 Å². The first-order chi connectivity index (χ1) is 17.7. The van der Waals surface area contributed by atoms with Gasteiger partial charge in [0.15, 0.2) is 0 Å². The standard InChI is InChI=1S/C23H31N7O2S2.C2H6/c1-15-17(14-29-6-4-24-5-7-29)20-21(34-15)19(26-23(27-20)30-8-10-32-11-9-30)16-12-18(28-33-3)22(31-2)25-13-16;1-2/h12-13,24,28H,4-11,14H2,1-3H3;1-2H3. The molecule has 0 atom stereocenters. The lowest BCUT2D eigenvalue weighted by Gasteiger charge is -2.28. The summed E-state index contributed by atoms with van der Waals surface area (Å²) in [6, 6.07) is 2.07. The molecule has 0 radical (unpaired) electrons. The SMILES string of the molecule is CC.COc1ncc(-c2nc(N3CCOCC3)nc3c(CN4CCNCC4)c(C)sc23)cc1NSC. The van der Waals surface area contributed by atoms with Gasteiger partial charge in [0.2, 0.25) is 11.8 Å². The van der Waals surface area contributed by atoms with Crippen LogP contribution >= 0.6 is 23.3 Å². The number of aromatic nitrogens is 3. The summed E-state index contributed by atoms with van der Waals surface area (Å²) in [6.07, 6.45) is 3.83. The summed E-state index contributed by atoms with van der Waals surface area (Å²) in [4.78, 5) is 20.8. The van der Waals surface area contributed by atoms with Crippen LogP contribution < -0.4 is 19.7 Å². The van der Waals surface area contributed by atoms with Crippen LogP contribution in [0.1, 0.15) is 24.3 Å². The number of nitrogens with one attached hydrogen (secondary N) is 2. The Hall–Kier alpha value is -2.18. The Morgan fingerprint density at radius 1 is 1.17 bits per heavy atom. The zero-order valence-corrected chi connectivity index (χ0v) is 23.5. The van der Waals surface area contributed by atoms with E-state index in [9.17, 15) is 0 Å². The third-order valence-electron chi connectivity index (χ3n) is 6.23. The Morgan fingerprint density at radius 2 is 1.92 bits per heavy atom. The Balaban J connectivity index is 0.00000148. The Morgan fingerprint density at radius 3 is 2.61 bits per heavy atom. The topological polar surface area (TPSA) is 87.7 Å². The quantitative estimate of drug-likeness (QED) is 0.436. The Bertz CT molecular complexity index is 1150. The van der Waals surface area contributed by atoms with Crippen LogP contribution in [0.3, 0.4) is 0 Å². The van der Waals surface area contributed by atoms with E-state index in [1.54, 1.807) is 18.4 Å². The van der Waals surface area contributed by atoms with Crippen molar-refractivity contribution in [2.24, 2.45) is 0 Å². The molecule has 2 fully saturated rings. The highest BCUT2D eigenvalue weighted by Crippen LogP contribution is 2.39. The number of ether oxygens (including phenoxy) is 2. The average Bonchev–Trinajstić information content (AvgIpc) is 3.25. The molecular weight excluding hydrogens is 494 g/mol. The number of methoxy groups -OCH3 is 1. The molecule has 196 valence electrons. The first kappa shape index (κ1) is 26.9. The molecule has 0 spiro atoms. The zero-order chi connectivity index (χ0) is 25.5. The van der Waals surface area contributed by atoms with E-state index in [0.717, 1.165) is 78.9 Å². The first-order valence-electron chi connectivity index (χ1n) is 12.6. The second kappa shape index (κ2) is 12.9. The van der Waals surface area contributed by atoms with Gasteiger partial charge in [-0.1, -0.05) is 25.8 Å². The maximum absolute atomic E-state index is 5.58. The van der Waals surface area contributed by atoms with Crippen LogP contribution in [0.2, 0.25) is 0 Å². The molecule has 0 bridgehead atoms. The van der Waals surface area contributed by atoms with Crippen molar-refractivity contribution in [3.05, 3.63) is 22.7 Å². The van der Waals surface area contributed by atoms with Crippen LogP contribution in [0.5, 0.6) is 5.88 Å². The van der Waals surface area contributed by atoms with Crippen molar-refractivity contribution in [3.8, 4) is 17.1 Å². The van der Waals surface area contributed by atoms with Crippen molar-refractivity contribution < 1.29 is 9.47 Å². The molecule has 0 aliphatic carbocycles. The lowest BCUT2D eigenvalue weighted by atomic mass is 10.1. The highest BCUT2D eigenvalue weighted by molar-refractivity contribution is 7.99. The van der Waals surface area contributed by atoms with Gasteiger partial charge in [-0.3, -0.25) is 4.90 Å². The van der Waals surface area contributed by atoms with Crippen LogP contribution in [0.4, 0.5) is 11.6 Å². The number of morpholine rings is 1. The van der Waals surface area contributed by atoms with Crippen LogP contribution in [0.15, 0.2) is 12.3 Å². The number of anilines is 2. The lowest BCUT2D eigenvalue weighted by molar-refractivity contribution is 0.122. The number of aryl methyl sites for hydroxylation is 1. The summed E-state index contributed by atoms with van der Waals surface area (Å²) in [5.41, 5.74) is 5.08. The van der Waals surface area contributed by atoms with Gasteiger partial charge in [0.25, 0.3) is 0 Å². The summed E-state index contributed by atoms with van der Waals surface area (Å²) < 4.78 is 15.4. The van der Waals surface area contributed by atoms with Gasteiger partial charge in [-0.05, 0) is 13.0 Å². The Kier molecular flexibility index (Phi) is 9.60. The monoisotopic (exact) mass is 531 g/mol. The van der Waals surface area contributed by atoms with Gasteiger partial charge in [-0.25, -0.2) is 15.0 Å². The predicted molar refractivity (Wildman–Crippen MR) is 152 cm³/mol. The molecule has 2 aliphatic rings. The number of pyridine rings is 1. The number of nitrogens with zero attached hydrogens (tertiary/aromatic N) is 5. The summed E-state index contributed by atoms with van der Waals surface area (Å²) in [6.45, 7) is 14.3. The number of hydrogen-bond donors (Lipinski definition) is 2. The van der Waals surface area contributed by atoms with E-state index in [0.29, 0.717) is 19.1 Å². The fourth-order valence-corrected chi connectivity index (χ4v) is 5.91. The lowest BCUT2D eigenvalue weighted by Crippen LogP contribution is -2.43. The third-order valence-corrected chi connectivity index (χ3v) is 7.80. The predicted octanol–water partition coefficient (Wildman–Crippen LogP) is 4.03. The smallest absolute Gasteiger partial charge is 0.237 e. The molecule has 2 saturated heterocycles. The molecule has 3 aromatic heterocycles. The molecule has 5 rings (SSSR count). The van der Waals surface area contributed by atoms with Crippen LogP contribution in [-0.4, -0.2) is 85.7 Å². The largest absolute Gasteiger partial charge is 0.480 e. The molecule has 0 saturated carbocycles. The highest BCUT2D eigenvalue weighted by atomic mass is 32.2. The summed E-state index contributed by atoms with van der Waals surface area (Å²) in [7, 11) is 1.64. The van der Waals surface area contributed by atoms with E-state index < -0.39 is 0 Å². The first-order valence-corrected chi connectivity index (χ1v) is 14.6. The molecule has 9 nitrogen and oxygen atoms in total. The fourth-order valence-electron chi connectivity index (χ4n) is 4.43. The number of fused-ring (bicyclic) bond motifs is 1. The second-order valence-electron chi connectivity index (χ2n) is 8.40. The van der Waals surface area contributed by atoms with E-state index >= 15 is 0 Å². The van der Waals surface area contributed by atoms with Gasteiger partial charge in [0.05, 0.1) is 36.2 Å². The van der Waals surface area contributed by atoms with Gasteiger partial charge in [0.1, 0.15) is 5.69 Å². The normalized spacial score (nSPS) is 16.5. The van der Waals surface area contributed by atoms with Crippen molar-refractivity contribution in [2.45, 2.75) is 27.3 Å². The minimum absolute atomic E-state index is 0.568. The minimum atomic E-state index is 0.568. The fraction of sp³-hybridized carbons (Fsp3) is 0.560. The highest BCUT2D eigenvalue weighted by Gasteiger charge is 2.24. The molecule has 2 N–H and O–H groups in total. The third kappa shape index (κ3) is 5.86. The van der Waals surface area contributed by atoms with Gasteiger partial charge in [-0.2, -0.15) is 0 Å². The molecule has 36 heavy (non-hydrogen) atoms. The molecular formula is C25H37N7O2S2. The van der Waals surface area contributed by atoms with Gasteiger partial charge >= 0.3 is 0 Å². The van der Waals surface area contributed by atoms with Gasteiger partial charge < -0.3 is 24.4 Å². The molecule has 5 heterocycles. The van der Waals surface area contributed by atoms with Crippen LogP contribution in [0, 0.1) is 6.92 Å². The van der Waals surface area contributed by atoms with Crippen molar-refractivity contribution in [3.63, 3.8) is 0 Å². The van der Waals surface area contributed by atoms with E-state index in [1.165, 1.54) is 22.4 Å². The second-order valence-corrected chi connectivity index (χ2v) is 10.2. The molecule has 0 aromatic carbocycles. The maximum atomic E-state index is 5.58. The van der Waals surface area contributed by atoms with Gasteiger partial charge in [-0.15, -0.1) is 11.3 Å². The zero-order valence-electron chi connectivity index (χ0n) is 21.9. The number of thiophene rings is 1. The molecule has 0 unspecified atom stereocenters. The van der Waals surface area contributed by atoms with Crippen molar-refractivity contribution in [1.29, 1.82) is 0 Å². The van der Waals surface area contributed by atoms with Crippen LogP contribution in [0.25, 0.3) is 21.5 Å². The van der Waals surface area contributed by atoms with E-state index in [1.807, 2.05) is 26.3 Å². The Labute approximate surface area is 222 Å². The van der Waals surface area contributed by atoms with Gasteiger partial charge in [0, 0.05) is 74.3 Å². The summed E-state index contributed by atoms with van der Waals surface area (Å²) in [5, 5.41) is 3.45. The maximum Gasteiger partial charge on any atom is 0.237 e.